The zero-order valence-corrected chi connectivity index (χ0v) is 15.6. The fourth-order valence-corrected chi connectivity index (χ4v) is 4.14. The lowest BCUT2D eigenvalue weighted by molar-refractivity contribution is -0.0680. The molecule has 1 atom stereocenters. The van der Waals surface area contributed by atoms with Gasteiger partial charge in [-0.1, -0.05) is 30.3 Å². The quantitative estimate of drug-likeness (QED) is 0.708. The Morgan fingerprint density at radius 3 is 2.67 bits per heavy atom. The van der Waals surface area contributed by atoms with Gasteiger partial charge in [0.05, 0.1) is 18.3 Å². The first-order valence-electron chi connectivity index (χ1n) is 9.03. The highest BCUT2D eigenvalue weighted by atomic mass is 32.1. The zero-order valence-electron chi connectivity index (χ0n) is 14.8. The number of hydrogen-bond acceptors (Lipinski definition) is 6. The maximum atomic E-state index is 12.7. The molecule has 1 amide bonds. The molecule has 3 aromatic rings. The summed E-state index contributed by atoms with van der Waals surface area (Å²) < 4.78 is 13.8. The van der Waals surface area contributed by atoms with E-state index in [1.165, 1.54) is 0 Å². The monoisotopic (exact) mass is 383 g/mol. The Balaban J connectivity index is 1.55. The van der Waals surface area contributed by atoms with E-state index in [2.05, 4.69) is 14.1 Å². The Morgan fingerprint density at radius 2 is 1.89 bits per heavy atom. The van der Waals surface area contributed by atoms with Gasteiger partial charge in [-0.25, -0.2) is 0 Å². The molecular weight excluding hydrogens is 362 g/mol. The normalized spacial score (nSPS) is 17.5. The second kappa shape index (κ2) is 7.72. The predicted molar refractivity (Wildman–Crippen MR) is 104 cm³/mol. The highest BCUT2D eigenvalue weighted by molar-refractivity contribution is 7.00. The molecule has 6 nitrogen and oxygen atoms in total. The van der Waals surface area contributed by atoms with Crippen LogP contribution in [0.15, 0.2) is 48.5 Å². The first-order chi connectivity index (χ1) is 13.2. The van der Waals surface area contributed by atoms with Crippen LogP contribution in [0.1, 0.15) is 28.8 Å². The summed E-state index contributed by atoms with van der Waals surface area (Å²) in [6.07, 6.45) is 1.52. The number of hydrogen-bond donors (Lipinski definition) is 2. The highest BCUT2D eigenvalue weighted by Crippen LogP contribution is 2.35. The first kappa shape index (κ1) is 18.0. The zero-order chi connectivity index (χ0) is 18.7. The molecule has 4 rings (SSSR count). The summed E-state index contributed by atoms with van der Waals surface area (Å²) >= 11 is 1.12. The van der Waals surface area contributed by atoms with Crippen LogP contribution in [0.3, 0.4) is 0 Å². The molecule has 2 heterocycles. The molecule has 1 aliphatic rings. The Kier molecular flexibility index (Phi) is 5.15. The van der Waals surface area contributed by atoms with Crippen LogP contribution in [0.4, 0.5) is 0 Å². The van der Waals surface area contributed by atoms with Crippen LogP contribution in [0.2, 0.25) is 0 Å². The van der Waals surface area contributed by atoms with Gasteiger partial charge in [0.2, 0.25) is 0 Å². The summed E-state index contributed by atoms with van der Waals surface area (Å²) in [4.78, 5) is 12.7. The van der Waals surface area contributed by atoms with Gasteiger partial charge in [0, 0.05) is 18.8 Å². The molecule has 0 radical (unpaired) electrons. The number of benzene rings is 2. The van der Waals surface area contributed by atoms with Crippen molar-refractivity contribution in [1.82, 2.24) is 14.1 Å². The number of aromatic nitrogens is 2. The maximum Gasteiger partial charge on any atom is 0.251 e. The van der Waals surface area contributed by atoms with Crippen molar-refractivity contribution in [2.24, 2.45) is 5.92 Å². The number of carbonyl (C=O) groups excluding carboxylic acids is 1. The van der Waals surface area contributed by atoms with E-state index < -0.39 is 5.60 Å². The van der Waals surface area contributed by atoms with Crippen molar-refractivity contribution in [3.05, 3.63) is 59.7 Å². The lowest BCUT2D eigenvalue weighted by Gasteiger charge is -2.39. The Labute approximate surface area is 161 Å². The van der Waals surface area contributed by atoms with Crippen LogP contribution < -0.4 is 5.32 Å². The number of nitrogens with one attached hydrogen (secondary N) is 1. The van der Waals surface area contributed by atoms with E-state index in [1.807, 2.05) is 30.3 Å². The van der Waals surface area contributed by atoms with Crippen LogP contribution in [0, 0.1) is 5.92 Å². The minimum Gasteiger partial charge on any atom is -0.383 e. The van der Waals surface area contributed by atoms with E-state index in [0.717, 1.165) is 35.6 Å². The van der Waals surface area contributed by atoms with E-state index in [-0.39, 0.29) is 18.4 Å². The first-order valence-corrected chi connectivity index (χ1v) is 9.76. The van der Waals surface area contributed by atoms with Crippen molar-refractivity contribution in [1.29, 1.82) is 0 Å². The fourth-order valence-electron chi connectivity index (χ4n) is 3.62. The molecule has 2 aromatic carbocycles. The Morgan fingerprint density at radius 1 is 1.15 bits per heavy atom. The number of aliphatic hydroxyl groups is 1. The van der Waals surface area contributed by atoms with E-state index in [1.54, 1.807) is 18.2 Å². The van der Waals surface area contributed by atoms with Crippen LogP contribution >= 0.6 is 11.7 Å². The van der Waals surface area contributed by atoms with Gasteiger partial charge in [0.1, 0.15) is 16.6 Å². The summed E-state index contributed by atoms with van der Waals surface area (Å²) in [5, 5.41) is 14.5. The molecule has 1 saturated heterocycles. The molecule has 27 heavy (non-hydrogen) atoms. The van der Waals surface area contributed by atoms with Crippen LogP contribution in [-0.2, 0) is 10.3 Å². The van der Waals surface area contributed by atoms with E-state index in [4.69, 9.17) is 4.74 Å². The predicted octanol–water partition coefficient (Wildman–Crippen LogP) is 2.74. The van der Waals surface area contributed by atoms with Gasteiger partial charge in [0.15, 0.2) is 0 Å². The molecule has 1 aromatic heterocycles. The van der Waals surface area contributed by atoms with Crippen molar-refractivity contribution in [2.45, 2.75) is 18.4 Å². The highest BCUT2D eigenvalue weighted by Gasteiger charge is 2.39. The molecular formula is C20H21N3O3S. The topological polar surface area (TPSA) is 84.3 Å². The van der Waals surface area contributed by atoms with Crippen molar-refractivity contribution < 1.29 is 14.6 Å². The van der Waals surface area contributed by atoms with Crippen LogP contribution in [0.25, 0.3) is 11.0 Å². The van der Waals surface area contributed by atoms with E-state index in [9.17, 15) is 9.90 Å². The van der Waals surface area contributed by atoms with Gasteiger partial charge in [-0.15, -0.1) is 0 Å². The number of nitrogens with zero attached hydrogens (tertiary/aromatic N) is 2. The van der Waals surface area contributed by atoms with Gasteiger partial charge >= 0.3 is 0 Å². The molecule has 0 saturated carbocycles. The molecule has 0 unspecified atom stereocenters. The smallest absolute Gasteiger partial charge is 0.251 e. The fraction of sp³-hybridized carbons (Fsp3) is 0.350. The third-order valence-electron chi connectivity index (χ3n) is 5.20. The average molecular weight is 383 g/mol. The standard InChI is InChI=1S/C20H21N3O3S/c24-19(14-6-7-17-18(12-14)23-27-22-17)21-13-20(25,15-4-2-1-3-5-15)16-8-10-26-11-9-16/h1-7,12,16,25H,8-11,13H2,(H,21,24)/t20-/m1/s1. The maximum absolute atomic E-state index is 12.7. The number of fused-ring (bicyclic) bond motifs is 1. The summed E-state index contributed by atoms with van der Waals surface area (Å²) in [5.41, 5.74) is 1.68. The van der Waals surface area contributed by atoms with Crippen molar-refractivity contribution in [2.75, 3.05) is 19.8 Å². The number of amides is 1. The molecule has 0 spiro atoms. The number of ether oxygens (including phenoxy) is 1. The van der Waals surface area contributed by atoms with Gasteiger partial charge in [-0.2, -0.15) is 8.75 Å². The number of rotatable bonds is 5. The lowest BCUT2D eigenvalue weighted by Crippen LogP contribution is -2.47. The minimum atomic E-state index is -1.13. The van der Waals surface area contributed by atoms with E-state index >= 15 is 0 Å². The summed E-state index contributed by atoms with van der Waals surface area (Å²) in [5.74, 6) is -0.203. The third-order valence-corrected chi connectivity index (χ3v) is 5.76. The third kappa shape index (κ3) is 3.71. The summed E-state index contributed by atoms with van der Waals surface area (Å²) in [6.45, 7) is 1.40. The Hall–Kier alpha value is -2.35. The van der Waals surface area contributed by atoms with E-state index in [0.29, 0.717) is 24.3 Å². The second-order valence-corrected chi connectivity index (χ2v) is 7.36. The largest absolute Gasteiger partial charge is 0.383 e. The van der Waals surface area contributed by atoms with Crippen molar-refractivity contribution in [3.63, 3.8) is 0 Å². The van der Waals surface area contributed by atoms with Gasteiger partial charge in [0.25, 0.3) is 5.91 Å². The van der Waals surface area contributed by atoms with Crippen molar-refractivity contribution in [3.8, 4) is 0 Å². The molecule has 140 valence electrons. The molecule has 2 N–H and O–H groups in total. The SMILES string of the molecule is O=C(NC[C@@](O)(c1ccccc1)C1CCOCC1)c1ccc2nsnc2c1. The van der Waals surface area contributed by atoms with Gasteiger partial charge in [-0.3, -0.25) is 4.79 Å². The average Bonchev–Trinajstić information content (AvgIpc) is 3.21. The molecule has 7 heteroatoms. The molecule has 1 aliphatic heterocycles. The summed E-state index contributed by atoms with van der Waals surface area (Å²) in [7, 11) is 0. The number of carbonyl (C=O) groups is 1. The van der Waals surface area contributed by atoms with Crippen LogP contribution in [-0.4, -0.2) is 39.5 Å². The molecule has 1 fully saturated rings. The summed E-state index contributed by atoms with van der Waals surface area (Å²) in [6, 6.07) is 14.8. The van der Waals surface area contributed by atoms with Crippen molar-refractivity contribution >= 4 is 28.7 Å². The lowest BCUT2D eigenvalue weighted by atomic mass is 9.77. The second-order valence-electron chi connectivity index (χ2n) is 6.83. The van der Waals surface area contributed by atoms with Gasteiger partial charge in [-0.05, 0) is 42.5 Å². The molecule has 0 bridgehead atoms. The van der Waals surface area contributed by atoms with Crippen LogP contribution in [0.5, 0.6) is 0 Å². The Bertz CT molecular complexity index is 924. The molecule has 0 aliphatic carbocycles. The minimum absolute atomic E-state index is 0.0270. The van der Waals surface area contributed by atoms with Gasteiger partial charge < -0.3 is 15.2 Å².